The summed E-state index contributed by atoms with van der Waals surface area (Å²) in [5.74, 6) is 0.0428. The Morgan fingerprint density at radius 1 is 1.35 bits per heavy atom. The van der Waals surface area contributed by atoms with Crippen molar-refractivity contribution in [3.05, 3.63) is 29.6 Å². The number of nitrogens with one attached hydrogen (secondary N) is 1. The van der Waals surface area contributed by atoms with E-state index >= 15 is 0 Å². The van der Waals surface area contributed by atoms with Gasteiger partial charge in [-0.25, -0.2) is 4.39 Å². The Balaban J connectivity index is 1.87. The maximum atomic E-state index is 13.5. The molecule has 0 aliphatic carbocycles. The van der Waals surface area contributed by atoms with E-state index in [0.717, 1.165) is 44.7 Å². The monoisotopic (exact) mass is 238 g/mol. The van der Waals surface area contributed by atoms with Gasteiger partial charge in [-0.05, 0) is 24.1 Å². The van der Waals surface area contributed by atoms with Crippen molar-refractivity contribution in [2.45, 2.75) is 6.42 Å². The molecule has 0 atom stereocenters. The summed E-state index contributed by atoms with van der Waals surface area (Å²) in [6, 6.07) is 5.20. The van der Waals surface area contributed by atoms with Crippen LogP contribution in [0.1, 0.15) is 5.56 Å². The van der Waals surface area contributed by atoms with Crippen molar-refractivity contribution in [2.75, 3.05) is 39.8 Å². The van der Waals surface area contributed by atoms with Crippen LogP contribution in [0.5, 0.6) is 5.75 Å². The summed E-state index contributed by atoms with van der Waals surface area (Å²) in [6.07, 6.45) is 0.890. The Bertz CT molecular complexity index is 364. The largest absolute Gasteiger partial charge is 0.494 e. The molecule has 0 unspecified atom stereocenters. The van der Waals surface area contributed by atoms with Crippen LogP contribution in [0, 0.1) is 5.82 Å². The fourth-order valence-electron chi connectivity index (χ4n) is 2.09. The van der Waals surface area contributed by atoms with Gasteiger partial charge < -0.3 is 15.0 Å². The van der Waals surface area contributed by atoms with Gasteiger partial charge in [0.2, 0.25) is 0 Å². The first-order valence-electron chi connectivity index (χ1n) is 6.05. The van der Waals surface area contributed by atoms with Crippen LogP contribution in [-0.4, -0.2) is 44.7 Å². The molecule has 94 valence electrons. The van der Waals surface area contributed by atoms with E-state index in [1.165, 1.54) is 7.11 Å². The second-order valence-corrected chi connectivity index (χ2v) is 4.31. The van der Waals surface area contributed by atoms with Crippen LogP contribution in [0.3, 0.4) is 0 Å². The zero-order valence-corrected chi connectivity index (χ0v) is 10.2. The molecule has 4 heteroatoms. The molecular formula is C13H19FN2O. The second-order valence-electron chi connectivity index (χ2n) is 4.31. The van der Waals surface area contributed by atoms with E-state index in [0.29, 0.717) is 5.75 Å². The molecule has 2 rings (SSSR count). The van der Waals surface area contributed by atoms with Gasteiger partial charge in [0.1, 0.15) is 0 Å². The molecule has 0 radical (unpaired) electrons. The molecule has 1 aromatic carbocycles. The van der Waals surface area contributed by atoms with Crippen molar-refractivity contribution in [3.63, 3.8) is 0 Å². The Morgan fingerprint density at radius 3 is 2.76 bits per heavy atom. The number of halogens is 1. The van der Waals surface area contributed by atoms with E-state index in [9.17, 15) is 4.39 Å². The SMILES string of the molecule is COc1ccc(CCN2CCNCC2)cc1F. The number of piperazine rings is 1. The molecule has 1 N–H and O–H groups in total. The van der Waals surface area contributed by atoms with Gasteiger partial charge in [0, 0.05) is 32.7 Å². The number of hydrogen-bond donors (Lipinski definition) is 1. The first-order chi connectivity index (χ1) is 8.29. The van der Waals surface area contributed by atoms with Crippen LogP contribution in [0.15, 0.2) is 18.2 Å². The summed E-state index contributed by atoms with van der Waals surface area (Å²) in [5, 5.41) is 3.32. The number of hydrogen-bond acceptors (Lipinski definition) is 3. The fraction of sp³-hybridized carbons (Fsp3) is 0.538. The molecule has 0 saturated carbocycles. The first-order valence-corrected chi connectivity index (χ1v) is 6.05. The normalized spacial score (nSPS) is 17.1. The van der Waals surface area contributed by atoms with Gasteiger partial charge >= 0.3 is 0 Å². The molecule has 1 aliphatic rings. The Labute approximate surface area is 102 Å². The fourth-order valence-corrected chi connectivity index (χ4v) is 2.09. The van der Waals surface area contributed by atoms with E-state index in [2.05, 4.69) is 10.2 Å². The predicted molar refractivity (Wildman–Crippen MR) is 66.0 cm³/mol. The molecule has 1 aliphatic heterocycles. The molecule has 1 fully saturated rings. The molecule has 0 aromatic heterocycles. The summed E-state index contributed by atoms with van der Waals surface area (Å²) in [6.45, 7) is 5.26. The summed E-state index contributed by atoms with van der Waals surface area (Å²) in [5.41, 5.74) is 1.03. The van der Waals surface area contributed by atoms with Gasteiger partial charge in [-0.2, -0.15) is 0 Å². The number of nitrogens with zero attached hydrogens (tertiary/aromatic N) is 1. The molecule has 1 saturated heterocycles. The average Bonchev–Trinajstić information content (AvgIpc) is 2.38. The van der Waals surface area contributed by atoms with Crippen LogP contribution in [0.2, 0.25) is 0 Å². The Morgan fingerprint density at radius 2 is 2.12 bits per heavy atom. The molecule has 0 bridgehead atoms. The standard InChI is InChI=1S/C13H19FN2O/c1-17-13-3-2-11(10-12(13)14)4-7-16-8-5-15-6-9-16/h2-3,10,15H,4-9H2,1H3. The van der Waals surface area contributed by atoms with Crippen LogP contribution in [0.4, 0.5) is 4.39 Å². The van der Waals surface area contributed by atoms with Gasteiger partial charge in [0.15, 0.2) is 11.6 Å². The van der Waals surface area contributed by atoms with Crippen molar-refractivity contribution in [2.24, 2.45) is 0 Å². The topological polar surface area (TPSA) is 24.5 Å². The minimum atomic E-state index is -0.273. The summed E-state index contributed by atoms with van der Waals surface area (Å²) in [7, 11) is 1.48. The van der Waals surface area contributed by atoms with E-state index in [1.54, 1.807) is 12.1 Å². The van der Waals surface area contributed by atoms with Crippen LogP contribution >= 0.6 is 0 Å². The van der Waals surface area contributed by atoms with E-state index in [1.807, 2.05) is 6.07 Å². The minimum absolute atomic E-state index is 0.273. The Kier molecular flexibility index (Phi) is 4.34. The van der Waals surface area contributed by atoms with Gasteiger partial charge in [-0.15, -0.1) is 0 Å². The average molecular weight is 238 g/mol. The summed E-state index contributed by atoms with van der Waals surface area (Å²) in [4.78, 5) is 2.40. The van der Waals surface area contributed by atoms with Crippen molar-refractivity contribution in [1.29, 1.82) is 0 Å². The molecule has 17 heavy (non-hydrogen) atoms. The van der Waals surface area contributed by atoms with Gasteiger partial charge in [0.25, 0.3) is 0 Å². The smallest absolute Gasteiger partial charge is 0.165 e. The van der Waals surface area contributed by atoms with Crippen molar-refractivity contribution in [1.82, 2.24) is 10.2 Å². The lowest BCUT2D eigenvalue weighted by atomic mass is 10.1. The van der Waals surface area contributed by atoms with Crippen molar-refractivity contribution < 1.29 is 9.13 Å². The van der Waals surface area contributed by atoms with Gasteiger partial charge in [-0.3, -0.25) is 0 Å². The lowest BCUT2D eigenvalue weighted by Crippen LogP contribution is -2.44. The lowest BCUT2D eigenvalue weighted by Gasteiger charge is -2.27. The van der Waals surface area contributed by atoms with Gasteiger partial charge in [-0.1, -0.05) is 6.07 Å². The highest BCUT2D eigenvalue weighted by Gasteiger charge is 2.10. The van der Waals surface area contributed by atoms with Crippen molar-refractivity contribution in [3.8, 4) is 5.75 Å². The number of rotatable bonds is 4. The second kappa shape index (κ2) is 5.98. The third-order valence-corrected chi connectivity index (χ3v) is 3.14. The van der Waals surface area contributed by atoms with Gasteiger partial charge in [0.05, 0.1) is 7.11 Å². The highest BCUT2D eigenvalue weighted by molar-refractivity contribution is 5.29. The quantitative estimate of drug-likeness (QED) is 0.855. The van der Waals surface area contributed by atoms with E-state index in [-0.39, 0.29) is 5.82 Å². The lowest BCUT2D eigenvalue weighted by molar-refractivity contribution is 0.244. The van der Waals surface area contributed by atoms with E-state index < -0.39 is 0 Å². The summed E-state index contributed by atoms with van der Waals surface area (Å²) < 4.78 is 18.4. The number of ether oxygens (including phenoxy) is 1. The number of methoxy groups -OCH3 is 1. The predicted octanol–water partition coefficient (Wildman–Crippen LogP) is 1.28. The zero-order valence-electron chi connectivity index (χ0n) is 10.2. The van der Waals surface area contributed by atoms with Crippen LogP contribution in [-0.2, 0) is 6.42 Å². The third kappa shape index (κ3) is 3.41. The third-order valence-electron chi connectivity index (χ3n) is 3.14. The highest BCUT2D eigenvalue weighted by Crippen LogP contribution is 2.18. The molecule has 3 nitrogen and oxygen atoms in total. The Hall–Kier alpha value is -1.13. The number of benzene rings is 1. The first kappa shape index (κ1) is 12.3. The van der Waals surface area contributed by atoms with Crippen LogP contribution in [0.25, 0.3) is 0 Å². The molecule has 0 spiro atoms. The van der Waals surface area contributed by atoms with Crippen LogP contribution < -0.4 is 10.1 Å². The molecular weight excluding hydrogens is 219 g/mol. The highest BCUT2D eigenvalue weighted by atomic mass is 19.1. The molecule has 0 amide bonds. The van der Waals surface area contributed by atoms with E-state index in [4.69, 9.17) is 4.74 Å². The van der Waals surface area contributed by atoms with Crippen molar-refractivity contribution >= 4 is 0 Å². The summed E-state index contributed by atoms with van der Waals surface area (Å²) >= 11 is 0. The maximum absolute atomic E-state index is 13.5. The molecule has 1 aromatic rings. The minimum Gasteiger partial charge on any atom is -0.494 e. The zero-order chi connectivity index (χ0) is 12.1. The molecule has 1 heterocycles. The maximum Gasteiger partial charge on any atom is 0.165 e.